The molecule has 1 fully saturated rings. The highest BCUT2D eigenvalue weighted by atomic mass is 16.5. The van der Waals surface area contributed by atoms with Crippen molar-refractivity contribution in [1.29, 1.82) is 0 Å². The van der Waals surface area contributed by atoms with Gasteiger partial charge in [0.05, 0.1) is 45.1 Å². The van der Waals surface area contributed by atoms with E-state index in [9.17, 15) is 9.59 Å². The van der Waals surface area contributed by atoms with E-state index in [1.54, 1.807) is 7.11 Å². The maximum Gasteiger partial charge on any atom is 0.225 e. The van der Waals surface area contributed by atoms with Gasteiger partial charge in [0.1, 0.15) is 18.1 Å². The third-order valence-corrected chi connectivity index (χ3v) is 7.63. The Labute approximate surface area is 269 Å². The number of aliphatic hydroxyl groups excluding tert-OH is 1. The van der Waals surface area contributed by atoms with E-state index < -0.39 is 0 Å². The van der Waals surface area contributed by atoms with E-state index in [4.69, 9.17) is 24.1 Å². The molecule has 13 nitrogen and oxygen atoms in total. The molecule has 2 heterocycles. The average molecular weight is 639 g/mol. The van der Waals surface area contributed by atoms with Gasteiger partial charge in [-0.2, -0.15) is 5.10 Å². The van der Waals surface area contributed by atoms with Crippen LogP contribution in [0.15, 0.2) is 42.5 Å². The van der Waals surface area contributed by atoms with E-state index in [1.165, 1.54) is 5.56 Å². The predicted molar refractivity (Wildman–Crippen MR) is 175 cm³/mol. The van der Waals surface area contributed by atoms with Crippen molar-refractivity contribution in [3.8, 4) is 22.8 Å². The fourth-order valence-electron chi connectivity index (χ4n) is 5.04. The van der Waals surface area contributed by atoms with E-state index >= 15 is 0 Å². The fourth-order valence-corrected chi connectivity index (χ4v) is 5.04. The van der Waals surface area contributed by atoms with Crippen LogP contribution in [0.1, 0.15) is 30.4 Å². The summed E-state index contributed by atoms with van der Waals surface area (Å²) in [6.45, 7) is 4.78. The number of ether oxygens (including phenoxy) is 4. The molecule has 2 aromatic carbocycles. The number of fused-ring (bicyclic) bond motifs is 3. The molecule has 1 aromatic heterocycles. The van der Waals surface area contributed by atoms with E-state index in [0.29, 0.717) is 52.5 Å². The Morgan fingerprint density at radius 2 is 1.70 bits per heavy atom. The van der Waals surface area contributed by atoms with Crippen molar-refractivity contribution in [3.63, 3.8) is 0 Å². The first-order chi connectivity index (χ1) is 22.6. The van der Waals surface area contributed by atoms with Gasteiger partial charge < -0.3 is 45.3 Å². The molecule has 0 bridgehead atoms. The Bertz CT molecular complexity index is 1390. The third-order valence-electron chi connectivity index (χ3n) is 7.63. The zero-order valence-electron chi connectivity index (χ0n) is 26.7. The number of aliphatic hydroxyl groups is 1. The SMILES string of the molecule is CO.COc1ccc2c(c1)Cc1c(Nc3cccc(OCCOCCOCCC(=O)NCCCCNC(=O)C4CNC4)c3)n[nH]c1-2. The number of anilines is 2. The van der Waals surface area contributed by atoms with Gasteiger partial charge in [-0.3, -0.25) is 14.7 Å². The van der Waals surface area contributed by atoms with Gasteiger partial charge in [-0.25, -0.2) is 0 Å². The topological polar surface area (TPSA) is 168 Å². The largest absolute Gasteiger partial charge is 0.497 e. The number of rotatable bonds is 19. The molecule has 46 heavy (non-hydrogen) atoms. The molecule has 6 N–H and O–H groups in total. The maximum atomic E-state index is 11.9. The van der Waals surface area contributed by atoms with Gasteiger partial charge in [0.25, 0.3) is 0 Å². The number of nitrogens with zero attached hydrogens (tertiary/aromatic N) is 1. The van der Waals surface area contributed by atoms with E-state index in [1.807, 2.05) is 30.3 Å². The first-order valence-corrected chi connectivity index (χ1v) is 15.7. The number of hydrogen-bond acceptors (Lipinski definition) is 10. The molecule has 1 saturated heterocycles. The lowest BCUT2D eigenvalue weighted by Crippen LogP contribution is -2.50. The standard InChI is InChI=1S/C32H42N6O6.CH4O/c1-41-25-7-8-27-22(17-25)18-28-30(27)37-38-31(28)36-24-5-4-6-26(19-24)44-16-15-43-14-13-42-12-9-29(39)34-10-2-3-11-35-32(40)23-20-33-21-23;1-2/h4-8,17,19,23,33H,2-3,9-16,18,20-21H2,1H3,(H,34,39)(H,35,40)(H2,36,37,38);2H,1H3. The van der Waals surface area contributed by atoms with Crippen LogP contribution in [0.25, 0.3) is 11.3 Å². The lowest BCUT2D eigenvalue weighted by atomic mass is 10.0. The third kappa shape index (κ3) is 10.2. The Hall–Kier alpha value is -4.17. The van der Waals surface area contributed by atoms with Crippen molar-refractivity contribution >= 4 is 23.3 Å². The van der Waals surface area contributed by atoms with Gasteiger partial charge in [-0.1, -0.05) is 6.07 Å². The number of aromatic nitrogens is 2. The molecule has 0 atom stereocenters. The number of hydrogen-bond donors (Lipinski definition) is 6. The summed E-state index contributed by atoms with van der Waals surface area (Å²) >= 11 is 0. The predicted octanol–water partition coefficient (Wildman–Crippen LogP) is 2.38. The van der Waals surface area contributed by atoms with Crippen LogP contribution in [0.3, 0.4) is 0 Å². The Morgan fingerprint density at radius 3 is 2.46 bits per heavy atom. The summed E-state index contributed by atoms with van der Waals surface area (Å²) in [6, 6.07) is 13.8. The maximum absolute atomic E-state index is 11.9. The van der Waals surface area contributed by atoms with Gasteiger partial charge >= 0.3 is 0 Å². The Kier molecular flexibility index (Phi) is 14.1. The van der Waals surface area contributed by atoms with E-state index in [-0.39, 0.29) is 17.7 Å². The normalized spacial score (nSPS) is 13.0. The second-order valence-electron chi connectivity index (χ2n) is 10.8. The molecule has 2 amide bonds. The minimum absolute atomic E-state index is 0.0388. The molecule has 1 aliphatic carbocycles. The number of unbranched alkanes of at least 4 members (excludes halogenated alkanes) is 1. The number of H-pyrrole nitrogens is 1. The van der Waals surface area contributed by atoms with Crippen molar-refractivity contribution < 1.29 is 33.6 Å². The first kappa shape index (κ1) is 34.7. The molecule has 250 valence electrons. The van der Waals surface area contributed by atoms with Gasteiger partial charge in [0, 0.05) is 69.0 Å². The monoisotopic (exact) mass is 638 g/mol. The summed E-state index contributed by atoms with van der Waals surface area (Å²) < 4.78 is 22.3. The molecule has 5 rings (SSSR count). The van der Waals surface area contributed by atoms with Crippen LogP contribution < -0.4 is 30.7 Å². The molecular formula is C33H46N6O7. The summed E-state index contributed by atoms with van der Waals surface area (Å²) in [4.78, 5) is 23.7. The molecule has 0 spiro atoms. The molecule has 1 aliphatic heterocycles. The molecule has 3 aromatic rings. The van der Waals surface area contributed by atoms with Crippen molar-refractivity contribution in [2.75, 3.05) is 78.7 Å². The second kappa shape index (κ2) is 18.7. The summed E-state index contributed by atoms with van der Waals surface area (Å²) in [5, 5.41) is 27.0. The van der Waals surface area contributed by atoms with Crippen LogP contribution in [-0.2, 0) is 25.5 Å². The number of nitrogens with one attached hydrogen (secondary N) is 5. The minimum atomic E-state index is -0.0388. The number of benzene rings is 2. The van der Waals surface area contributed by atoms with Crippen molar-refractivity contribution in [3.05, 3.63) is 53.6 Å². The second-order valence-corrected chi connectivity index (χ2v) is 10.8. The fraction of sp³-hybridized carbons (Fsp3) is 0.485. The van der Waals surface area contributed by atoms with Crippen molar-refractivity contribution in [2.45, 2.75) is 25.7 Å². The molecule has 0 radical (unpaired) electrons. The van der Waals surface area contributed by atoms with Crippen LogP contribution in [-0.4, -0.2) is 101 Å². The first-order valence-electron chi connectivity index (χ1n) is 15.7. The van der Waals surface area contributed by atoms with Gasteiger partial charge in [-0.05, 0) is 48.7 Å². The minimum Gasteiger partial charge on any atom is -0.497 e. The average Bonchev–Trinajstić information content (AvgIpc) is 3.61. The van der Waals surface area contributed by atoms with E-state index in [2.05, 4.69) is 43.6 Å². The van der Waals surface area contributed by atoms with Crippen LogP contribution in [0, 0.1) is 5.92 Å². The highest BCUT2D eigenvalue weighted by molar-refractivity contribution is 5.81. The van der Waals surface area contributed by atoms with Gasteiger partial charge in [0.15, 0.2) is 5.82 Å². The van der Waals surface area contributed by atoms with Crippen LogP contribution in [0.4, 0.5) is 11.5 Å². The van der Waals surface area contributed by atoms with Crippen LogP contribution in [0.2, 0.25) is 0 Å². The molecule has 2 aliphatic rings. The number of carbonyl (C=O) groups excluding carboxylic acids is 2. The lowest BCUT2D eigenvalue weighted by Gasteiger charge is -2.25. The number of amides is 2. The number of aromatic amines is 1. The smallest absolute Gasteiger partial charge is 0.225 e. The lowest BCUT2D eigenvalue weighted by molar-refractivity contribution is -0.126. The zero-order chi connectivity index (χ0) is 32.6. The van der Waals surface area contributed by atoms with Crippen molar-refractivity contribution in [1.82, 2.24) is 26.1 Å². The summed E-state index contributed by atoms with van der Waals surface area (Å²) in [5.41, 5.74) is 5.42. The Balaban J connectivity index is 0.00000235. The summed E-state index contributed by atoms with van der Waals surface area (Å²) in [6.07, 6.45) is 2.75. The molecular weight excluding hydrogens is 592 g/mol. The Morgan fingerprint density at radius 1 is 0.935 bits per heavy atom. The zero-order valence-corrected chi connectivity index (χ0v) is 26.7. The van der Waals surface area contributed by atoms with Gasteiger partial charge in [0.2, 0.25) is 11.8 Å². The van der Waals surface area contributed by atoms with Crippen LogP contribution >= 0.6 is 0 Å². The summed E-state index contributed by atoms with van der Waals surface area (Å²) in [7, 11) is 2.68. The van der Waals surface area contributed by atoms with Crippen LogP contribution in [0.5, 0.6) is 11.5 Å². The highest BCUT2D eigenvalue weighted by Crippen LogP contribution is 2.40. The summed E-state index contributed by atoms with van der Waals surface area (Å²) in [5.74, 6) is 2.57. The molecule has 13 heteroatoms. The van der Waals surface area contributed by atoms with Crippen molar-refractivity contribution in [2.24, 2.45) is 5.92 Å². The highest BCUT2D eigenvalue weighted by Gasteiger charge is 2.25. The van der Waals surface area contributed by atoms with Gasteiger partial charge in [-0.15, -0.1) is 0 Å². The quantitative estimate of drug-likeness (QED) is 0.0839. The van der Waals surface area contributed by atoms with E-state index in [0.717, 1.165) is 79.3 Å². The molecule has 0 unspecified atom stereocenters. The number of methoxy groups -OCH3 is 1. The molecule has 0 saturated carbocycles. The number of carbonyl (C=O) groups is 2.